The molecule has 0 saturated heterocycles. The Labute approximate surface area is 78.3 Å². The maximum atomic E-state index is 11.2. The second-order valence-electron chi connectivity index (χ2n) is 3.44. The Morgan fingerprint density at radius 1 is 1.38 bits per heavy atom. The topological polar surface area (TPSA) is 66.4 Å². The highest BCUT2D eigenvalue weighted by molar-refractivity contribution is 5.96. The Morgan fingerprint density at radius 2 is 1.92 bits per heavy atom. The van der Waals surface area contributed by atoms with Crippen molar-refractivity contribution in [3.05, 3.63) is 0 Å². The fraction of sp³-hybridized carbons (Fsp3) is 0.778. The van der Waals surface area contributed by atoms with Crippen molar-refractivity contribution >= 4 is 11.9 Å². The molecule has 4 nitrogen and oxygen atoms in total. The molecule has 1 atom stereocenters. The van der Waals surface area contributed by atoms with E-state index in [1.807, 2.05) is 13.8 Å². The summed E-state index contributed by atoms with van der Waals surface area (Å²) in [6, 6.07) is 0. The number of amides is 1. The highest BCUT2D eigenvalue weighted by atomic mass is 16.4. The van der Waals surface area contributed by atoms with Crippen LogP contribution in [0.4, 0.5) is 0 Å². The number of carboxylic acid groups (broad SMARTS) is 1. The Morgan fingerprint density at radius 3 is 2.23 bits per heavy atom. The van der Waals surface area contributed by atoms with Crippen molar-refractivity contribution in [2.24, 2.45) is 11.8 Å². The number of hydrogen-bond acceptors (Lipinski definition) is 2. The number of nitrogens with one attached hydrogen (secondary N) is 1. The summed E-state index contributed by atoms with van der Waals surface area (Å²) in [6.45, 7) is 6.14. The molecule has 0 spiro atoms. The maximum absolute atomic E-state index is 11.2. The van der Waals surface area contributed by atoms with E-state index < -0.39 is 11.9 Å². The van der Waals surface area contributed by atoms with Gasteiger partial charge in [-0.15, -0.1) is 0 Å². The van der Waals surface area contributed by atoms with Gasteiger partial charge < -0.3 is 10.4 Å². The van der Waals surface area contributed by atoms with Crippen molar-refractivity contribution < 1.29 is 14.7 Å². The first-order valence-electron chi connectivity index (χ1n) is 4.49. The molecule has 4 heteroatoms. The lowest BCUT2D eigenvalue weighted by atomic mass is 10.1. The second kappa shape index (κ2) is 5.56. The molecule has 13 heavy (non-hydrogen) atoms. The molecule has 0 aliphatic carbocycles. The van der Waals surface area contributed by atoms with Crippen LogP contribution < -0.4 is 5.32 Å². The average Bonchev–Trinajstić information content (AvgIpc) is 2.01. The number of carbonyl (C=O) groups excluding carboxylic acids is 1. The van der Waals surface area contributed by atoms with E-state index in [0.29, 0.717) is 18.9 Å². The monoisotopic (exact) mass is 187 g/mol. The van der Waals surface area contributed by atoms with Crippen LogP contribution in [0.3, 0.4) is 0 Å². The van der Waals surface area contributed by atoms with Gasteiger partial charge in [0.05, 0.1) is 0 Å². The molecule has 0 radical (unpaired) electrons. The van der Waals surface area contributed by atoms with Crippen molar-refractivity contribution in [3.63, 3.8) is 0 Å². The van der Waals surface area contributed by atoms with Crippen LogP contribution >= 0.6 is 0 Å². The van der Waals surface area contributed by atoms with Gasteiger partial charge in [0, 0.05) is 6.54 Å². The van der Waals surface area contributed by atoms with Crippen molar-refractivity contribution in [1.29, 1.82) is 0 Å². The largest absolute Gasteiger partial charge is 0.481 e. The third-order valence-electron chi connectivity index (χ3n) is 1.71. The molecule has 2 N–H and O–H groups in total. The summed E-state index contributed by atoms with van der Waals surface area (Å²) in [5.74, 6) is -2.00. The van der Waals surface area contributed by atoms with Crippen molar-refractivity contribution in [2.75, 3.05) is 6.54 Å². The van der Waals surface area contributed by atoms with Crippen LogP contribution in [0.5, 0.6) is 0 Å². The van der Waals surface area contributed by atoms with E-state index in [2.05, 4.69) is 5.32 Å². The van der Waals surface area contributed by atoms with Gasteiger partial charge in [0.15, 0.2) is 0 Å². The molecule has 0 aromatic heterocycles. The molecule has 0 aliphatic heterocycles. The normalized spacial score (nSPS) is 12.6. The zero-order chi connectivity index (χ0) is 10.4. The number of carbonyl (C=O) groups is 2. The summed E-state index contributed by atoms with van der Waals surface area (Å²) >= 11 is 0. The maximum Gasteiger partial charge on any atom is 0.316 e. The fourth-order valence-corrected chi connectivity index (χ4v) is 0.900. The van der Waals surface area contributed by atoms with Gasteiger partial charge in [0.1, 0.15) is 5.92 Å². The van der Waals surface area contributed by atoms with Gasteiger partial charge in [-0.2, -0.15) is 0 Å². The third kappa shape index (κ3) is 4.50. The smallest absolute Gasteiger partial charge is 0.316 e. The highest BCUT2D eigenvalue weighted by Crippen LogP contribution is 2.02. The zero-order valence-electron chi connectivity index (χ0n) is 8.33. The van der Waals surface area contributed by atoms with Crippen molar-refractivity contribution in [3.8, 4) is 0 Å². The van der Waals surface area contributed by atoms with E-state index in [4.69, 9.17) is 5.11 Å². The van der Waals surface area contributed by atoms with Gasteiger partial charge in [-0.05, 0) is 12.3 Å². The minimum Gasteiger partial charge on any atom is -0.481 e. The minimum atomic E-state index is -1.05. The summed E-state index contributed by atoms with van der Waals surface area (Å²) in [5.41, 5.74) is 0. The SMILES string of the molecule is CCC(C(=O)O)C(=O)NCC(C)C. The number of rotatable bonds is 5. The molecule has 1 unspecified atom stereocenters. The van der Waals surface area contributed by atoms with Gasteiger partial charge in [0.2, 0.25) is 5.91 Å². The third-order valence-corrected chi connectivity index (χ3v) is 1.71. The Kier molecular flexibility index (Phi) is 5.11. The van der Waals surface area contributed by atoms with Gasteiger partial charge >= 0.3 is 5.97 Å². The molecule has 1 amide bonds. The molecule has 0 aliphatic rings. The molecular weight excluding hydrogens is 170 g/mol. The molecule has 0 fully saturated rings. The van der Waals surface area contributed by atoms with Gasteiger partial charge in [0.25, 0.3) is 0 Å². The van der Waals surface area contributed by atoms with Crippen LogP contribution in [0.15, 0.2) is 0 Å². The van der Waals surface area contributed by atoms with E-state index in [1.165, 1.54) is 0 Å². The van der Waals surface area contributed by atoms with E-state index in [0.717, 1.165) is 0 Å². The Bertz CT molecular complexity index is 189. The Balaban J connectivity index is 4.00. The summed E-state index contributed by atoms with van der Waals surface area (Å²) < 4.78 is 0. The first-order chi connectivity index (χ1) is 5.99. The molecule has 76 valence electrons. The molecule has 0 aromatic carbocycles. The molecule has 0 heterocycles. The van der Waals surface area contributed by atoms with Gasteiger partial charge in [-0.3, -0.25) is 9.59 Å². The molecule has 0 rings (SSSR count). The number of aliphatic carboxylic acids is 1. The van der Waals surface area contributed by atoms with E-state index >= 15 is 0 Å². The lowest BCUT2D eigenvalue weighted by Crippen LogP contribution is -2.36. The van der Waals surface area contributed by atoms with Crippen LogP contribution in [0, 0.1) is 11.8 Å². The van der Waals surface area contributed by atoms with Gasteiger partial charge in [-0.1, -0.05) is 20.8 Å². The summed E-state index contributed by atoms with van der Waals surface area (Å²) in [5, 5.41) is 11.2. The summed E-state index contributed by atoms with van der Waals surface area (Å²) in [7, 11) is 0. The van der Waals surface area contributed by atoms with E-state index in [9.17, 15) is 9.59 Å². The Hall–Kier alpha value is -1.06. The van der Waals surface area contributed by atoms with E-state index in [1.54, 1.807) is 6.92 Å². The zero-order valence-corrected chi connectivity index (χ0v) is 8.33. The summed E-state index contributed by atoms with van der Waals surface area (Å²) in [6.07, 6.45) is 0.333. The predicted octanol–water partition coefficient (Wildman–Crippen LogP) is 0.869. The quantitative estimate of drug-likeness (QED) is 0.627. The molecular formula is C9H17NO3. The van der Waals surface area contributed by atoms with Gasteiger partial charge in [-0.25, -0.2) is 0 Å². The molecule has 0 bridgehead atoms. The standard InChI is InChI=1S/C9H17NO3/c1-4-7(9(12)13)8(11)10-5-6(2)3/h6-7H,4-5H2,1-3H3,(H,10,11)(H,12,13). The summed E-state index contributed by atoms with van der Waals surface area (Å²) in [4.78, 5) is 21.8. The average molecular weight is 187 g/mol. The second-order valence-corrected chi connectivity index (χ2v) is 3.44. The molecule has 0 saturated carbocycles. The number of carboxylic acids is 1. The minimum absolute atomic E-state index is 0.333. The first kappa shape index (κ1) is 11.9. The van der Waals surface area contributed by atoms with Crippen LogP contribution in [0.2, 0.25) is 0 Å². The highest BCUT2D eigenvalue weighted by Gasteiger charge is 2.23. The predicted molar refractivity (Wildman–Crippen MR) is 49.3 cm³/mol. The van der Waals surface area contributed by atoms with Crippen molar-refractivity contribution in [1.82, 2.24) is 5.32 Å². The van der Waals surface area contributed by atoms with Crippen LogP contribution in [0.1, 0.15) is 27.2 Å². The van der Waals surface area contributed by atoms with E-state index in [-0.39, 0.29) is 5.91 Å². The lowest BCUT2D eigenvalue weighted by molar-refractivity contribution is -0.147. The first-order valence-corrected chi connectivity index (χ1v) is 4.49. The van der Waals surface area contributed by atoms with Crippen LogP contribution in [0.25, 0.3) is 0 Å². The molecule has 0 aromatic rings. The van der Waals surface area contributed by atoms with Crippen LogP contribution in [-0.4, -0.2) is 23.5 Å². The van der Waals surface area contributed by atoms with Crippen molar-refractivity contribution in [2.45, 2.75) is 27.2 Å². The fourth-order valence-electron chi connectivity index (χ4n) is 0.900. The number of hydrogen-bond donors (Lipinski definition) is 2. The lowest BCUT2D eigenvalue weighted by Gasteiger charge is -2.11. The van der Waals surface area contributed by atoms with Crippen LogP contribution in [-0.2, 0) is 9.59 Å².